The molecule has 1 fully saturated rings. The molecule has 1 unspecified atom stereocenters. The normalized spacial score (nSPS) is 21.8. The van der Waals surface area contributed by atoms with Gasteiger partial charge in [-0.05, 0) is 12.1 Å². The van der Waals surface area contributed by atoms with Crippen molar-refractivity contribution in [1.82, 2.24) is 4.90 Å². The molecule has 7 nitrogen and oxygen atoms in total. The van der Waals surface area contributed by atoms with E-state index in [9.17, 15) is 9.59 Å². The molecule has 2 aliphatic rings. The lowest BCUT2D eigenvalue weighted by molar-refractivity contribution is -0.125. The number of para-hydroxylation sites is 2. The topological polar surface area (TPSA) is 85.1 Å². The van der Waals surface area contributed by atoms with Gasteiger partial charge in [0.2, 0.25) is 5.91 Å². The van der Waals surface area contributed by atoms with Crippen molar-refractivity contribution in [2.75, 3.05) is 44.3 Å². The number of morpholine rings is 1. The molecule has 0 aliphatic carbocycles. The third-order valence-corrected chi connectivity index (χ3v) is 3.85. The van der Waals surface area contributed by atoms with Crippen molar-refractivity contribution in [3.05, 3.63) is 24.3 Å². The summed E-state index contributed by atoms with van der Waals surface area (Å²) in [4.78, 5) is 27.7. The highest BCUT2D eigenvalue weighted by molar-refractivity contribution is 5.98. The number of carbonyl (C=O) groups is 2. The van der Waals surface area contributed by atoms with Crippen LogP contribution in [0.1, 0.15) is 0 Å². The summed E-state index contributed by atoms with van der Waals surface area (Å²) in [7, 11) is 0. The molecule has 1 aromatic carbocycles. The molecular formula is C15H19N3O4. The number of nitrogens with two attached hydrogens (primary N) is 1. The van der Waals surface area contributed by atoms with Crippen molar-refractivity contribution in [2.24, 2.45) is 5.73 Å². The molecule has 2 N–H and O–H groups in total. The van der Waals surface area contributed by atoms with Crippen LogP contribution < -0.4 is 15.4 Å². The first-order valence-corrected chi connectivity index (χ1v) is 7.30. The zero-order chi connectivity index (χ0) is 15.5. The average Bonchev–Trinajstić information content (AvgIpc) is 2.54. The van der Waals surface area contributed by atoms with Crippen LogP contribution in [-0.4, -0.2) is 62.2 Å². The molecular weight excluding hydrogens is 286 g/mol. The van der Waals surface area contributed by atoms with E-state index in [0.717, 1.165) is 13.1 Å². The predicted molar refractivity (Wildman–Crippen MR) is 79.7 cm³/mol. The lowest BCUT2D eigenvalue weighted by atomic mass is 10.1. The molecule has 2 heterocycles. The third kappa shape index (κ3) is 3.05. The minimum atomic E-state index is -0.816. The van der Waals surface area contributed by atoms with E-state index in [0.29, 0.717) is 31.2 Å². The van der Waals surface area contributed by atoms with Gasteiger partial charge in [-0.3, -0.25) is 14.5 Å². The van der Waals surface area contributed by atoms with Crippen LogP contribution in [-0.2, 0) is 14.3 Å². The molecule has 2 amide bonds. The van der Waals surface area contributed by atoms with E-state index < -0.39 is 12.0 Å². The van der Waals surface area contributed by atoms with E-state index in [2.05, 4.69) is 0 Å². The van der Waals surface area contributed by atoms with Gasteiger partial charge < -0.3 is 20.1 Å². The summed E-state index contributed by atoms with van der Waals surface area (Å²) < 4.78 is 10.8. The summed E-state index contributed by atoms with van der Waals surface area (Å²) in [6.07, 6.45) is -0.816. The minimum Gasteiger partial charge on any atom is -0.477 e. The Balaban J connectivity index is 1.78. The highest BCUT2D eigenvalue weighted by Crippen LogP contribution is 2.33. The molecule has 0 spiro atoms. The molecule has 0 radical (unpaired) electrons. The van der Waals surface area contributed by atoms with Crippen molar-refractivity contribution in [3.8, 4) is 5.75 Å². The molecule has 1 saturated heterocycles. The Kier molecular flexibility index (Phi) is 4.26. The molecule has 0 bridgehead atoms. The van der Waals surface area contributed by atoms with Crippen LogP contribution in [0.4, 0.5) is 5.69 Å². The van der Waals surface area contributed by atoms with E-state index in [4.69, 9.17) is 15.2 Å². The smallest absolute Gasteiger partial charge is 0.260 e. The van der Waals surface area contributed by atoms with E-state index in [-0.39, 0.29) is 12.5 Å². The molecule has 7 heteroatoms. The maximum Gasteiger partial charge on any atom is 0.260 e. The van der Waals surface area contributed by atoms with Crippen molar-refractivity contribution in [1.29, 1.82) is 0 Å². The Morgan fingerprint density at radius 1 is 1.23 bits per heavy atom. The molecule has 22 heavy (non-hydrogen) atoms. The van der Waals surface area contributed by atoms with Gasteiger partial charge in [-0.1, -0.05) is 12.1 Å². The first-order chi connectivity index (χ1) is 10.6. The number of rotatable bonds is 3. The van der Waals surface area contributed by atoms with E-state index in [1.165, 1.54) is 0 Å². The molecule has 0 saturated carbocycles. The highest BCUT2D eigenvalue weighted by atomic mass is 16.5. The molecule has 1 aromatic rings. The van der Waals surface area contributed by atoms with Crippen LogP contribution >= 0.6 is 0 Å². The second-order valence-electron chi connectivity index (χ2n) is 5.37. The fourth-order valence-electron chi connectivity index (χ4n) is 2.65. The van der Waals surface area contributed by atoms with Crippen LogP contribution in [0.2, 0.25) is 0 Å². The maximum absolute atomic E-state index is 12.6. The second kappa shape index (κ2) is 6.33. The number of primary amides is 1. The predicted octanol–water partition coefficient (Wildman–Crippen LogP) is -0.402. The Morgan fingerprint density at radius 2 is 1.95 bits per heavy atom. The quantitative estimate of drug-likeness (QED) is 0.821. The van der Waals surface area contributed by atoms with Gasteiger partial charge in [-0.2, -0.15) is 0 Å². The summed E-state index contributed by atoms with van der Waals surface area (Å²) in [5.41, 5.74) is 6.02. The summed E-state index contributed by atoms with van der Waals surface area (Å²) >= 11 is 0. The van der Waals surface area contributed by atoms with Gasteiger partial charge in [-0.15, -0.1) is 0 Å². The lowest BCUT2D eigenvalue weighted by Gasteiger charge is -2.35. The Bertz CT molecular complexity index is 572. The third-order valence-electron chi connectivity index (χ3n) is 3.85. The van der Waals surface area contributed by atoms with Crippen LogP contribution in [0.5, 0.6) is 5.75 Å². The monoisotopic (exact) mass is 305 g/mol. The van der Waals surface area contributed by atoms with Crippen molar-refractivity contribution < 1.29 is 19.1 Å². The molecule has 1 atom stereocenters. The number of hydrogen-bond donors (Lipinski definition) is 1. The number of fused-ring (bicyclic) bond motifs is 1. The number of anilines is 1. The molecule has 118 valence electrons. The summed E-state index contributed by atoms with van der Waals surface area (Å²) in [5.74, 6) is -0.129. The van der Waals surface area contributed by atoms with Gasteiger partial charge in [0.05, 0.1) is 32.0 Å². The zero-order valence-corrected chi connectivity index (χ0v) is 12.2. The maximum atomic E-state index is 12.6. The average molecular weight is 305 g/mol. The van der Waals surface area contributed by atoms with Gasteiger partial charge >= 0.3 is 0 Å². The van der Waals surface area contributed by atoms with Crippen LogP contribution in [0, 0.1) is 0 Å². The van der Waals surface area contributed by atoms with Crippen LogP contribution in [0.15, 0.2) is 24.3 Å². The molecule has 0 aromatic heterocycles. The van der Waals surface area contributed by atoms with E-state index in [1.54, 1.807) is 17.0 Å². The first kappa shape index (κ1) is 14.8. The Labute approximate surface area is 128 Å². The van der Waals surface area contributed by atoms with Gasteiger partial charge in [0, 0.05) is 13.1 Å². The van der Waals surface area contributed by atoms with E-state index >= 15 is 0 Å². The summed E-state index contributed by atoms with van der Waals surface area (Å²) in [6.45, 7) is 3.18. The Morgan fingerprint density at radius 3 is 2.68 bits per heavy atom. The second-order valence-corrected chi connectivity index (χ2v) is 5.37. The zero-order valence-electron chi connectivity index (χ0n) is 12.2. The summed E-state index contributed by atoms with van der Waals surface area (Å²) in [5, 5.41) is 0. The summed E-state index contributed by atoms with van der Waals surface area (Å²) in [6, 6.07) is 7.18. The van der Waals surface area contributed by atoms with E-state index in [1.807, 2.05) is 17.0 Å². The van der Waals surface area contributed by atoms with Crippen molar-refractivity contribution in [2.45, 2.75) is 6.10 Å². The van der Waals surface area contributed by atoms with Gasteiger partial charge in [-0.25, -0.2) is 0 Å². The fraction of sp³-hybridized carbons (Fsp3) is 0.467. The van der Waals surface area contributed by atoms with Crippen LogP contribution in [0.3, 0.4) is 0 Å². The number of benzene rings is 1. The van der Waals surface area contributed by atoms with Crippen molar-refractivity contribution >= 4 is 17.5 Å². The number of amides is 2. The highest BCUT2D eigenvalue weighted by Gasteiger charge is 2.33. The number of nitrogens with zero attached hydrogens (tertiary/aromatic N) is 2. The van der Waals surface area contributed by atoms with Crippen molar-refractivity contribution in [3.63, 3.8) is 0 Å². The standard InChI is InChI=1S/C15H19N3O4/c16-15(20)13-9-18(11-3-1-2-4-12(11)22-13)14(19)10-17-5-7-21-8-6-17/h1-4,13H,5-10H2,(H2,16,20). The lowest BCUT2D eigenvalue weighted by Crippen LogP contribution is -2.52. The number of hydrogen-bond acceptors (Lipinski definition) is 5. The number of ether oxygens (including phenoxy) is 2. The first-order valence-electron chi connectivity index (χ1n) is 7.30. The molecule has 3 rings (SSSR count). The fourth-order valence-corrected chi connectivity index (χ4v) is 2.65. The molecule has 2 aliphatic heterocycles. The SMILES string of the molecule is NC(=O)C1CN(C(=O)CN2CCOCC2)c2ccccc2O1. The van der Waals surface area contributed by atoms with Gasteiger partial charge in [0.15, 0.2) is 6.10 Å². The van der Waals surface area contributed by atoms with Gasteiger partial charge in [0.25, 0.3) is 5.91 Å². The minimum absolute atomic E-state index is 0.0658. The Hall–Kier alpha value is -2.12. The largest absolute Gasteiger partial charge is 0.477 e. The van der Waals surface area contributed by atoms with Gasteiger partial charge in [0.1, 0.15) is 5.75 Å². The van der Waals surface area contributed by atoms with Crippen LogP contribution in [0.25, 0.3) is 0 Å². The number of carbonyl (C=O) groups excluding carboxylic acids is 2.